The molecule has 0 aliphatic carbocycles. The molecule has 0 aliphatic heterocycles. The zero-order valence-corrected chi connectivity index (χ0v) is 13.2. The molecular formula is C19H20N2O2. The number of carbonyl (C=O) groups is 1. The summed E-state index contributed by atoms with van der Waals surface area (Å²) < 4.78 is 6.87. The standard InChI is InChI=1S/C19H20N2O2/c1-23-19(22)20-12-11-16-14-21(13-15-7-3-2-4-8-15)18-10-6-5-9-17(16)18/h2-10,14H,11-13H2,1H3,(H,20,22). The van der Waals surface area contributed by atoms with E-state index in [4.69, 9.17) is 0 Å². The van der Waals surface area contributed by atoms with E-state index in [1.165, 1.54) is 29.1 Å². The van der Waals surface area contributed by atoms with Crippen LogP contribution in [0.3, 0.4) is 0 Å². The highest BCUT2D eigenvalue weighted by atomic mass is 16.5. The average molecular weight is 308 g/mol. The van der Waals surface area contributed by atoms with Crippen LogP contribution in [0.15, 0.2) is 60.8 Å². The monoisotopic (exact) mass is 308 g/mol. The van der Waals surface area contributed by atoms with Crippen molar-refractivity contribution in [3.8, 4) is 0 Å². The van der Waals surface area contributed by atoms with Crippen molar-refractivity contribution in [2.45, 2.75) is 13.0 Å². The first kappa shape index (κ1) is 15.2. The van der Waals surface area contributed by atoms with E-state index in [0.29, 0.717) is 6.54 Å². The van der Waals surface area contributed by atoms with Gasteiger partial charge in [0.2, 0.25) is 0 Å². The third-order valence-electron chi connectivity index (χ3n) is 3.92. The Kier molecular flexibility index (Phi) is 4.62. The lowest BCUT2D eigenvalue weighted by molar-refractivity contribution is 0.171. The van der Waals surface area contributed by atoms with E-state index in [2.05, 4.69) is 63.3 Å². The maximum absolute atomic E-state index is 11.2. The summed E-state index contributed by atoms with van der Waals surface area (Å²) in [7, 11) is 1.38. The van der Waals surface area contributed by atoms with Gasteiger partial charge in [-0.25, -0.2) is 4.79 Å². The van der Waals surface area contributed by atoms with E-state index in [9.17, 15) is 4.79 Å². The maximum Gasteiger partial charge on any atom is 0.406 e. The van der Waals surface area contributed by atoms with Gasteiger partial charge < -0.3 is 14.6 Å². The van der Waals surface area contributed by atoms with E-state index in [1.54, 1.807) is 0 Å². The number of rotatable bonds is 5. The second kappa shape index (κ2) is 7.01. The molecule has 0 aliphatic rings. The van der Waals surface area contributed by atoms with Crippen molar-refractivity contribution in [1.29, 1.82) is 0 Å². The fourth-order valence-corrected chi connectivity index (χ4v) is 2.80. The molecule has 0 saturated heterocycles. The highest BCUT2D eigenvalue weighted by molar-refractivity contribution is 5.84. The van der Waals surface area contributed by atoms with Gasteiger partial charge in [0.1, 0.15) is 0 Å². The zero-order valence-electron chi connectivity index (χ0n) is 13.2. The Morgan fingerprint density at radius 3 is 2.61 bits per heavy atom. The van der Waals surface area contributed by atoms with E-state index in [-0.39, 0.29) is 0 Å². The Morgan fingerprint density at radius 2 is 1.83 bits per heavy atom. The Morgan fingerprint density at radius 1 is 1.09 bits per heavy atom. The van der Waals surface area contributed by atoms with E-state index < -0.39 is 6.09 Å². The Balaban J connectivity index is 1.83. The van der Waals surface area contributed by atoms with E-state index >= 15 is 0 Å². The van der Waals surface area contributed by atoms with Crippen molar-refractivity contribution in [3.63, 3.8) is 0 Å². The van der Waals surface area contributed by atoms with Gasteiger partial charge in [0, 0.05) is 30.2 Å². The molecule has 0 radical (unpaired) electrons. The molecule has 23 heavy (non-hydrogen) atoms. The molecule has 3 rings (SSSR count). The van der Waals surface area contributed by atoms with Crippen LogP contribution in [0.2, 0.25) is 0 Å². The topological polar surface area (TPSA) is 43.3 Å². The van der Waals surface area contributed by atoms with E-state index in [1.807, 2.05) is 12.1 Å². The number of fused-ring (bicyclic) bond motifs is 1. The van der Waals surface area contributed by atoms with Gasteiger partial charge in [0.15, 0.2) is 0 Å². The lowest BCUT2D eigenvalue weighted by atomic mass is 10.1. The van der Waals surface area contributed by atoms with Crippen molar-refractivity contribution in [1.82, 2.24) is 9.88 Å². The average Bonchev–Trinajstić information content (AvgIpc) is 2.94. The quantitative estimate of drug-likeness (QED) is 0.783. The number of ether oxygens (including phenoxy) is 1. The normalized spacial score (nSPS) is 10.7. The van der Waals surface area contributed by atoms with Gasteiger partial charge in [0.05, 0.1) is 7.11 Å². The molecule has 1 N–H and O–H groups in total. The molecule has 0 bridgehead atoms. The molecule has 0 fully saturated rings. The van der Waals surface area contributed by atoms with Crippen molar-refractivity contribution < 1.29 is 9.53 Å². The highest BCUT2D eigenvalue weighted by Crippen LogP contribution is 2.22. The van der Waals surface area contributed by atoms with Gasteiger partial charge in [-0.15, -0.1) is 0 Å². The van der Waals surface area contributed by atoms with Gasteiger partial charge in [-0.2, -0.15) is 0 Å². The second-order valence-corrected chi connectivity index (χ2v) is 5.45. The molecule has 0 unspecified atom stereocenters. The first-order valence-corrected chi connectivity index (χ1v) is 7.70. The van der Waals surface area contributed by atoms with Gasteiger partial charge >= 0.3 is 6.09 Å². The number of carbonyl (C=O) groups excluding carboxylic acids is 1. The fourth-order valence-electron chi connectivity index (χ4n) is 2.80. The van der Waals surface area contributed by atoms with Crippen LogP contribution in [0.1, 0.15) is 11.1 Å². The predicted octanol–water partition coefficient (Wildman–Crippen LogP) is 3.59. The molecule has 1 amide bonds. The fraction of sp³-hybridized carbons (Fsp3) is 0.211. The number of aromatic nitrogens is 1. The van der Waals surface area contributed by atoms with Crippen LogP contribution in [0.25, 0.3) is 10.9 Å². The number of nitrogens with zero attached hydrogens (tertiary/aromatic N) is 1. The minimum Gasteiger partial charge on any atom is -0.453 e. The lowest BCUT2D eigenvalue weighted by Crippen LogP contribution is -2.25. The molecule has 2 aromatic carbocycles. The summed E-state index contributed by atoms with van der Waals surface area (Å²) >= 11 is 0. The summed E-state index contributed by atoms with van der Waals surface area (Å²) in [6.45, 7) is 1.40. The van der Waals surface area contributed by atoms with Gasteiger partial charge in [-0.05, 0) is 23.6 Å². The van der Waals surface area contributed by atoms with Gasteiger partial charge in [-0.1, -0.05) is 48.5 Å². The first-order chi connectivity index (χ1) is 11.3. The summed E-state index contributed by atoms with van der Waals surface area (Å²) in [5, 5.41) is 3.97. The molecule has 3 aromatic rings. The van der Waals surface area contributed by atoms with E-state index in [0.717, 1.165) is 13.0 Å². The third kappa shape index (κ3) is 3.54. The number of hydrogen-bond donors (Lipinski definition) is 1. The third-order valence-corrected chi connectivity index (χ3v) is 3.92. The zero-order chi connectivity index (χ0) is 16.1. The Labute approximate surface area is 135 Å². The predicted molar refractivity (Wildman–Crippen MR) is 91.6 cm³/mol. The number of amides is 1. The molecule has 118 valence electrons. The van der Waals surface area contributed by atoms with Crippen LogP contribution in [-0.2, 0) is 17.7 Å². The Hall–Kier alpha value is -2.75. The number of methoxy groups -OCH3 is 1. The summed E-state index contributed by atoms with van der Waals surface area (Å²) in [5.41, 5.74) is 3.71. The van der Waals surface area contributed by atoms with Crippen LogP contribution < -0.4 is 5.32 Å². The second-order valence-electron chi connectivity index (χ2n) is 5.45. The summed E-state index contributed by atoms with van der Waals surface area (Å²) in [4.78, 5) is 11.2. The van der Waals surface area contributed by atoms with Crippen molar-refractivity contribution in [2.75, 3.05) is 13.7 Å². The molecular weight excluding hydrogens is 288 g/mol. The number of alkyl carbamates (subject to hydrolysis) is 1. The van der Waals surface area contributed by atoms with Crippen molar-refractivity contribution in [3.05, 3.63) is 71.9 Å². The van der Waals surface area contributed by atoms with Gasteiger partial charge in [-0.3, -0.25) is 0 Å². The van der Waals surface area contributed by atoms with Crippen LogP contribution >= 0.6 is 0 Å². The summed E-state index contributed by atoms with van der Waals surface area (Å²) in [6, 6.07) is 18.8. The number of benzene rings is 2. The highest BCUT2D eigenvalue weighted by Gasteiger charge is 2.09. The van der Waals surface area contributed by atoms with Gasteiger partial charge in [0.25, 0.3) is 0 Å². The van der Waals surface area contributed by atoms with Crippen LogP contribution in [0, 0.1) is 0 Å². The number of nitrogens with one attached hydrogen (secondary N) is 1. The lowest BCUT2D eigenvalue weighted by Gasteiger charge is -2.05. The number of para-hydroxylation sites is 1. The molecule has 0 atom stereocenters. The number of hydrogen-bond acceptors (Lipinski definition) is 2. The van der Waals surface area contributed by atoms with Crippen molar-refractivity contribution >= 4 is 17.0 Å². The van der Waals surface area contributed by atoms with Crippen molar-refractivity contribution in [2.24, 2.45) is 0 Å². The summed E-state index contributed by atoms with van der Waals surface area (Å²) in [5.74, 6) is 0. The minimum atomic E-state index is -0.391. The molecule has 4 nitrogen and oxygen atoms in total. The molecule has 1 heterocycles. The molecule has 1 aromatic heterocycles. The summed E-state index contributed by atoms with van der Waals surface area (Å²) in [6.07, 6.45) is 2.56. The minimum absolute atomic E-state index is 0.391. The van der Waals surface area contributed by atoms with Crippen LogP contribution in [-0.4, -0.2) is 24.3 Å². The van der Waals surface area contributed by atoms with Crippen LogP contribution in [0.4, 0.5) is 4.79 Å². The molecule has 4 heteroatoms. The first-order valence-electron chi connectivity index (χ1n) is 7.70. The molecule has 0 saturated carbocycles. The smallest absolute Gasteiger partial charge is 0.406 e. The SMILES string of the molecule is COC(=O)NCCc1cn(Cc2ccccc2)c2ccccc12. The largest absolute Gasteiger partial charge is 0.453 e. The maximum atomic E-state index is 11.2. The van der Waals surface area contributed by atoms with Crippen LogP contribution in [0.5, 0.6) is 0 Å². The molecule has 0 spiro atoms. The Bertz CT molecular complexity index is 793.